The van der Waals surface area contributed by atoms with Gasteiger partial charge >= 0.3 is 12.4 Å². The Labute approximate surface area is 630 Å². The highest BCUT2D eigenvalue weighted by Crippen LogP contribution is 2.37. The van der Waals surface area contributed by atoms with E-state index in [2.05, 4.69) is 16.0 Å². The lowest BCUT2D eigenvalue weighted by Crippen LogP contribution is -2.65. The molecule has 2 saturated heterocycles. The molecule has 0 radical (unpaired) electrons. The van der Waals surface area contributed by atoms with E-state index >= 15 is 32.8 Å². The topological polar surface area (TPSA) is 270 Å². The number of amides is 12. The summed E-state index contributed by atoms with van der Waals surface area (Å²) in [6.45, 7) is 10.8. The Bertz CT molecular complexity index is 3800. The molecule has 12 amide bonds. The first-order valence-electron chi connectivity index (χ1n) is 36.5. The smallest absolute Gasteiger partial charge is 0.347 e. The molecule has 109 heavy (non-hydrogen) atoms. The Balaban J connectivity index is 1.53. The van der Waals surface area contributed by atoms with Crippen molar-refractivity contribution in [3.63, 3.8) is 0 Å². The number of halogens is 9. The van der Waals surface area contributed by atoms with Crippen LogP contribution in [0.1, 0.15) is 140 Å². The first-order chi connectivity index (χ1) is 50.7. The first-order valence-corrected chi connectivity index (χ1v) is 36.5. The summed E-state index contributed by atoms with van der Waals surface area (Å²) in [5, 5.41) is 8.17. The van der Waals surface area contributed by atoms with Gasteiger partial charge < -0.3 is 60.0 Å². The van der Waals surface area contributed by atoms with Crippen LogP contribution in [0.2, 0.25) is 0 Å². The van der Waals surface area contributed by atoms with Gasteiger partial charge in [0.25, 0.3) is 0 Å². The normalized spacial score (nSPS) is 24.5. The molecule has 3 fully saturated rings. The molecule has 3 N–H and O–H groups in total. The standard InChI is InChI=1S/C76H103F9N12O12/c1-17-43(5)62-71(107)91(11)45(7)66(102)97-34-31-54(97)70(106)94(14)57(39-46-21-26-49(27-22-46)75(80,81)82)69(105)90(10)41-59(98)86-53(30-25-48-36-51(78)61(52(79)37-48)76(83,84)85)67(103)93(13)56(38-47-23-28-50(77)29-24-47)65(101)88-74(32-19-20-33-74)73(109)96(16)63(44(6)18-2)72(108)95(15)58(68(104)89(8)9)40-60(99)92(12)55(35-42(3)4)64(100)87-62/h21-24,26-29,36-37,42-45,53-58,62-63H,17-20,25,30-35,38-41H2,1-16H3,(H,86,98)(H,87,100)(H,88,101)/t43-,44-,45-,53-,54?,55-,56-,57-,58-,62-,63-/m0/s1. The van der Waals surface area contributed by atoms with Crippen LogP contribution in [-0.2, 0) is 89.1 Å². The van der Waals surface area contributed by atoms with Crippen molar-refractivity contribution in [2.45, 2.75) is 204 Å². The number of hydrogen-bond donors (Lipinski definition) is 3. The SMILES string of the molecule is CC[C@H](C)[C@@H]1NC(=O)[C@H](CC(C)C)N(C)C(=O)C[C@@H](C(=O)N(C)C)N(C)C(=O)[C@H]([C@@H](C)CC)N(C)C(=O)C2(CCCC2)NC(=O)[C@H](Cc2ccc(F)cc2)N(C)C(=O)[C@H](CCc2cc(F)c(C(F)(F)F)c(F)c2)NC(=O)CN(C)C(=O)[C@H](Cc2ccc(C(F)(F)F)cc2)N(C)C(=O)C2CCN2C(=O)[C@H](C)N(C)C1=O. The maximum Gasteiger partial charge on any atom is 0.422 e. The molecule has 3 aromatic rings. The van der Waals surface area contributed by atoms with Gasteiger partial charge in [-0.3, -0.25) is 57.5 Å². The molecule has 33 heteroatoms. The number of benzene rings is 3. The molecular weight excluding hydrogens is 1440 g/mol. The molecule has 2 heterocycles. The minimum Gasteiger partial charge on any atom is -0.347 e. The molecule has 1 aliphatic carbocycles. The van der Waals surface area contributed by atoms with E-state index in [-0.39, 0.29) is 55.7 Å². The molecule has 3 aliphatic rings. The third-order valence-corrected chi connectivity index (χ3v) is 21.6. The van der Waals surface area contributed by atoms with E-state index in [1.54, 1.807) is 41.5 Å². The van der Waals surface area contributed by atoms with E-state index in [9.17, 15) is 64.3 Å². The maximum atomic E-state index is 15.6. The number of hydrogen-bond acceptors (Lipinski definition) is 12. The number of likely N-dealkylation sites (N-methyl/N-ethyl adjacent to an activating group) is 8. The molecule has 602 valence electrons. The van der Waals surface area contributed by atoms with Crippen LogP contribution in [0.4, 0.5) is 39.5 Å². The van der Waals surface area contributed by atoms with Gasteiger partial charge in [0.1, 0.15) is 82.9 Å². The zero-order valence-corrected chi connectivity index (χ0v) is 64.6. The Hall–Kier alpha value is -9.33. The number of carbonyl (C=O) groups excluding carboxylic acids is 12. The molecule has 24 nitrogen and oxygen atoms in total. The Kier molecular flexibility index (Phi) is 30.0. The van der Waals surface area contributed by atoms with Crippen LogP contribution >= 0.6 is 0 Å². The van der Waals surface area contributed by atoms with Gasteiger partial charge in [0.2, 0.25) is 70.9 Å². The van der Waals surface area contributed by atoms with Gasteiger partial charge in [0, 0.05) is 82.8 Å². The summed E-state index contributed by atoms with van der Waals surface area (Å²) in [7, 11) is 11.4. The molecule has 3 aromatic carbocycles. The van der Waals surface area contributed by atoms with Crippen LogP contribution in [-0.4, -0.2) is 251 Å². The largest absolute Gasteiger partial charge is 0.422 e. The molecule has 6 rings (SSSR count). The highest BCUT2D eigenvalue weighted by molar-refractivity contribution is 6.01. The fourth-order valence-corrected chi connectivity index (χ4v) is 14.1. The van der Waals surface area contributed by atoms with E-state index in [1.165, 1.54) is 68.4 Å². The minimum absolute atomic E-state index is 0.00135. The van der Waals surface area contributed by atoms with Crippen LogP contribution < -0.4 is 16.0 Å². The number of nitrogens with one attached hydrogen (secondary N) is 3. The van der Waals surface area contributed by atoms with E-state index in [0.29, 0.717) is 31.4 Å². The number of alkyl halides is 6. The van der Waals surface area contributed by atoms with Crippen molar-refractivity contribution in [1.29, 1.82) is 0 Å². The van der Waals surface area contributed by atoms with Crippen molar-refractivity contribution in [1.82, 2.24) is 60.0 Å². The lowest BCUT2D eigenvalue weighted by molar-refractivity contribution is -0.160. The monoisotopic (exact) mass is 1550 g/mol. The Morgan fingerprint density at radius 2 is 1.14 bits per heavy atom. The van der Waals surface area contributed by atoms with Crippen molar-refractivity contribution < 1.29 is 97.0 Å². The summed E-state index contributed by atoms with van der Waals surface area (Å²) >= 11 is 0. The molecule has 1 spiro atoms. The van der Waals surface area contributed by atoms with Gasteiger partial charge in [0.05, 0.1) is 18.5 Å². The van der Waals surface area contributed by atoms with Gasteiger partial charge in [-0.1, -0.05) is 91.5 Å². The van der Waals surface area contributed by atoms with Crippen molar-refractivity contribution in [3.05, 3.63) is 106 Å². The summed E-state index contributed by atoms with van der Waals surface area (Å²) < 4.78 is 128. The van der Waals surface area contributed by atoms with Crippen LogP contribution in [0.5, 0.6) is 0 Å². The molecule has 0 bridgehead atoms. The summed E-state index contributed by atoms with van der Waals surface area (Å²) in [5.74, 6) is -17.0. The number of fused-ring (bicyclic) bond motifs is 1. The molecule has 0 aromatic heterocycles. The second-order valence-corrected chi connectivity index (χ2v) is 29.9. The van der Waals surface area contributed by atoms with Crippen molar-refractivity contribution >= 4 is 70.9 Å². The highest BCUT2D eigenvalue weighted by atomic mass is 19.4. The van der Waals surface area contributed by atoms with Gasteiger partial charge in [0.15, 0.2) is 0 Å². The van der Waals surface area contributed by atoms with Gasteiger partial charge in [-0.25, -0.2) is 13.2 Å². The van der Waals surface area contributed by atoms with E-state index in [0.717, 1.165) is 94.6 Å². The zero-order chi connectivity index (χ0) is 82.0. The summed E-state index contributed by atoms with van der Waals surface area (Å²) in [4.78, 5) is 190. The lowest BCUT2D eigenvalue weighted by atomic mass is 9.90. The van der Waals surface area contributed by atoms with Gasteiger partial charge in [-0.05, 0) is 116 Å². The van der Waals surface area contributed by atoms with Crippen molar-refractivity contribution in [3.8, 4) is 0 Å². The van der Waals surface area contributed by atoms with Gasteiger partial charge in [-0.15, -0.1) is 0 Å². The Morgan fingerprint density at radius 3 is 1.64 bits per heavy atom. The summed E-state index contributed by atoms with van der Waals surface area (Å²) in [6, 6.07) is -4.61. The second kappa shape index (κ2) is 36.9. The highest BCUT2D eigenvalue weighted by Gasteiger charge is 2.51. The average Bonchev–Trinajstić information content (AvgIpc) is 1.76. The van der Waals surface area contributed by atoms with E-state index in [1.807, 2.05) is 0 Å². The van der Waals surface area contributed by atoms with E-state index < -0.39 is 228 Å². The lowest BCUT2D eigenvalue weighted by Gasteiger charge is -2.45. The van der Waals surface area contributed by atoms with Crippen LogP contribution in [0, 0.1) is 35.2 Å². The number of nitrogens with zero attached hydrogens (tertiary/aromatic N) is 9. The summed E-state index contributed by atoms with van der Waals surface area (Å²) in [6.07, 6.45) is -12.2. The zero-order valence-electron chi connectivity index (χ0n) is 64.6. The second-order valence-electron chi connectivity index (χ2n) is 29.9. The van der Waals surface area contributed by atoms with Crippen molar-refractivity contribution in [2.24, 2.45) is 17.8 Å². The number of rotatable bonds is 14. The third kappa shape index (κ3) is 21.2. The predicted molar refractivity (Wildman–Crippen MR) is 383 cm³/mol. The van der Waals surface area contributed by atoms with Gasteiger partial charge in [-0.2, -0.15) is 26.3 Å². The number of aryl methyl sites for hydroxylation is 1. The van der Waals surface area contributed by atoms with Crippen LogP contribution in [0.25, 0.3) is 0 Å². The molecule has 1 unspecified atom stereocenters. The quantitative estimate of drug-likeness (QED) is 0.144. The Morgan fingerprint density at radius 1 is 0.596 bits per heavy atom. The fraction of sp³-hybridized carbons (Fsp3) is 0.605. The number of carbonyl (C=O) groups is 12. The van der Waals surface area contributed by atoms with E-state index in [4.69, 9.17) is 0 Å². The third-order valence-electron chi connectivity index (χ3n) is 21.6. The average molecular weight is 1550 g/mol. The molecular formula is C76H103F9N12O12. The fourth-order valence-electron chi connectivity index (χ4n) is 14.1. The predicted octanol–water partition coefficient (Wildman–Crippen LogP) is 6.63. The minimum atomic E-state index is -5.49. The molecule has 2 aliphatic heterocycles. The van der Waals surface area contributed by atoms with Crippen LogP contribution in [0.15, 0.2) is 60.7 Å². The summed E-state index contributed by atoms with van der Waals surface area (Å²) in [5.41, 5.74) is -5.28. The molecule has 1 saturated carbocycles. The maximum absolute atomic E-state index is 15.6. The molecule has 11 atom stereocenters. The first kappa shape index (κ1) is 88.6. The van der Waals surface area contributed by atoms with Crippen molar-refractivity contribution in [2.75, 3.05) is 76.5 Å². The van der Waals surface area contributed by atoms with Crippen LogP contribution in [0.3, 0.4) is 0 Å².